The van der Waals surface area contributed by atoms with E-state index >= 15 is 0 Å². The zero-order valence-electron chi connectivity index (χ0n) is 11.0. The number of carbonyl (C=O) groups is 1. The number of amides is 1. The van der Waals surface area contributed by atoms with Crippen molar-refractivity contribution < 1.29 is 9.53 Å². The molecule has 1 aromatic carbocycles. The average Bonchev–Trinajstić information content (AvgIpc) is 2.25. The van der Waals surface area contributed by atoms with Crippen LogP contribution in [-0.4, -0.2) is 17.6 Å². The summed E-state index contributed by atoms with van der Waals surface area (Å²) in [5.74, 6) is -0.0879. The first-order valence-corrected chi connectivity index (χ1v) is 5.92. The lowest BCUT2D eigenvalue weighted by molar-refractivity contribution is -0.147. The predicted molar refractivity (Wildman–Crippen MR) is 68.6 cm³/mol. The summed E-state index contributed by atoms with van der Waals surface area (Å²) in [5.41, 5.74) is 0.296. The highest BCUT2D eigenvalue weighted by molar-refractivity contribution is 5.84. The molecule has 1 amide bonds. The molecular formula is C14H21NO2. The molecule has 0 spiro atoms. The van der Waals surface area contributed by atoms with Crippen LogP contribution in [0.5, 0.6) is 0 Å². The minimum absolute atomic E-state index is 0.0347. The number of hydrogen-bond acceptors (Lipinski definition) is 2. The molecule has 17 heavy (non-hydrogen) atoms. The third-order valence-corrected chi connectivity index (χ3v) is 2.37. The summed E-state index contributed by atoms with van der Waals surface area (Å²) in [5, 5.41) is 2.88. The lowest BCUT2D eigenvalue weighted by Crippen LogP contribution is -2.45. The first-order chi connectivity index (χ1) is 7.92. The van der Waals surface area contributed by atoms with Gasteiger partial charge in [0.05, 0.1) is 6.10 Å². The van der Waals surface area contributed by atoms with E-state index < -0.39 is 5.60 Å². The second-order valence-corrected chi connectivity index (χ2v) is 4.85. The first kappa shape index (κ1) is 13.7. The van der Waals surface area contributed by atoms with Crippen LogP contribution in [0, 0.1) is 0 Å². The van der Waals surface area contributed by atoms with Crippen molar-refractivity contribution in [3.63, 3.8) is 0 Å². The number of hydrogen-bond donors (Lipinski definition) is 1. The Morgan fingerprint density at radius 3 is 2.41 bits per heavy atom. The standard InChI is InChI=1S/C14H21NO2/c1-11(2)17-14(3,4)13(16)15-10-12-8-6-5-7-9-12/h5-9,11H,10H2,1-4H3,(H,15,16). The maximum absolute atomic E-state index is 11.9. The zero-order valence-corrected chi connectivity index (χ0v) is 11.0. The monoisotopic (exact) mass is 235 g/mol. The van der Waals surface area contributed by atoms with Crippen molar-refractivity contribution in [3.8, 4) is 0 Å². The summed E-state index contributed by atoms with van der Waals surface area (Å²) in [6, 6.07) is 9.83. The van der Waals surface area contributed by atoms with Gasteiger partial charge in [-0.05, 0) is 33.3 Å². The third kappa shape index (κ3) is 4.57. The van der Waals surface area contributed by atoms with Crippen molar-refractivity contribution >= 4 is 5.91 Å². The Labute approximate surface area is 103 Å². The molecule has 0 aliphatic rings. The van der Waals surface area contributed by atoms with E-state index in [1.807, 2.05) is 44.2 Å². The number of benzene rings is 1. The van der Waals surface area contributed by atoms with Crippen LogP contribution in [0.4, 0.5) is 0 Å². The molecule has 0 aliphatic heterocycles. The Kier molecular flexibility index (Phi) is 4.70. The van der Waals surface area contributed by atoms with Crippen LogP contribution in [0.2, 0.25) is 0 Å². The van der Waals surface area contributed by atoms with Gasteiger partial charge in [-0.25, -0.2) is 0 Å². The fraction of sp³-hybridized carbons (Fsp3) is 0.500. The SMILES string of the molecule is CC(C)OC(C)(C)C(=O)NCc1ccccc1. The summed E-state index contributed by atoms with van der Waals surface area (Å²) in [6.07, 6.45) is 0.0347. The lowest BCUT2D eigenvalue weighted by Gasteiger charge is -2.26. The summed E-state index contributed by atoms with van der Waals surface area (Å²) in [4.78, 5) is 11.9. The summed E-state index contributed by atoms with van der Waals surface area (Å²) >= 11 is 0. The summed E-state index contributed by atoms with van der Waals surface area (Å²) < 4.78 is 5.58. The largest absolute Gasteiger partial charge is 0.363 e. The van der Waals surface area contributed by atoms with Crippen molar-refractivity contribution in [2.24, 2.45) is 0 Å². The molecule has 1 N–H and O–H groups in total. The summed E-state index contributed by atoms with van der Waals surface area (Å²) in [6.45, 7) is 7.95. The van der Waals surface area contributed by atoms with Crippen molar-refractivity contribution in [3.05, 3.63) is 35.9 Å². The molecule has 1 rings (SSSR count). The highest BCUT2D eigenvalue weighted by Crippen LogP contribution is 2.12. The van der Waals surface area contributed by atoms with Crippen molar-refractivity contribution in [2.45, 2.75) is 45.9 Å². The normalized spacial score (nSPS) is 11.6. The summed E-state index contributed by atoms with van der Waals surface area (Å²) in [7, 11) is 0. The maximum atomic E-state index is 11.9. The van der Waals surface area contributed by atoms with Gasteiger partial charge in [0.15, 0.2) is 0 Å². The van der Waals surface area contributed by atoms with Gasteiger partial charge in [-0.15, -0.1) is 0 Å². The Morgan fingerprint density at radius 2 is 1.88 bits per heavy atom. The lowest BCUT2D eigenvalue weighted by atomic mass is 10.1. The first-order valence-electron chi connectivity index (χ1n) is 5.92. The smallest absolute Gasteiger partial charge is 0.251 e. The van der Waals surface area contributed by atoms with Gasteiger partial charge in [0.1, 0.15) is 5.60 Å². The van der Waals surface area contributed by atoms with Crippen molar-refractivity contribution in [1.29, 1.82) is 0 Å². The Balaban J connectivity index is 2.49. The van der Waals surface area contributed by atoms with Gasteiger partial charge in [0, 0.05) is 6.54 Å². The average molecular weight is 235 g/mol. The molecule has 0 bridgehead atoms. The molecule has 0 fully saturated rings. The van der Waals surface area contributed by atoms with Crippen LogP contribution in [0.3, 0.4) is 0 Å². The van der Waals surface area contributed by atoms with E-state index in [0.717, 1.165) is 5.56 Å². The number of ether oxygens (including phenoxy) is 1. The molecule has 0 saturated carbocycles. The topological polar surface area (TPSA) is 38.3 Å². The molecule has 0 aliphatic carbocycles. The molecule has 3 nitrogen and oxygen atoms in total. The van der Waals surface area contributed by atoms with Crippen molar-refractivity contribution in [1.82, 2.24) is 5.32 Å². The molecule has 0 heterocycles. The van der Waals surface area contributed by atoms with Gasteiger partial charge < -0.3 is 10.1 Å². The Bertz CT molecular complexity index is 358. The molecule has 0 unspecified atom stereocenters. The highest BCUT2D eigenvalue weighted by atomic mass is 16.5. The fourth-order valence-corrected chi connectivity index (χ4v) is 1.63. The minimum atomic E-state index is -0.789. The van der Waals surface area contributed by atoms with Crippen molar-refractivity contribution in [2.75, 3.05) is 0 Å². The molecule has 0 aromatic heterocycles. The van der Waals surface area contributed by atoms with E-state index in [1.54, 1.807) is 13.8 Å². The Morgan fingerprint density at radius 1 is 1.29 bits per heavy atom. The predicted octanol–water partition coefficient (Wildman–Crippen LogP) is 2.51. The van der Waals surface area contributed by atoms with E-state index in [1.165, 1.54) is 0 Å². The molecule has 1 aromatic rings. The van der Waals surface area contributed by atoms with Gasteiger partial charge in [0.2, 0.25) is 0 Å². The van der Waals surface area contributed by atoms with Gasteiger partial charge in [0.25, 0.3) is 5.91 Å². The minimum Gasteiger partial charge on any atom is -0.363 e. The molecule has 3 heteroatoms. The van der Waals surface area contributed by atoms with Crippen LogP contribution >= 0.6 is 0 Å². The maximum Gasteiger partial charge on any atom is 0.251 e. The third-order valence-electron chi connectivity index (χ3n) is 2.37. The van der Waals surface area contributed by atoms with Crippen LogP contribution in [0.15, 0.2) is 30.3 Å². The van der Waals surface area contributed by atoms with Gasteiger partial charge >= 0.3 is 0 Å². The second kappa shape index (κ2) is 5.82. The van der Waals surface area contributed by atoms with Gasteiger partial charge in [-0.1, -0.05) is 30.3 Å². The van der Waals surface area contributed by atoms with Crippen LogP contribution in [0.1, 0.15) is 33.3 Å². The van der Waals surface area contributed by atoms with Gasteiger partial charge in [-0.2, -0.15) is 0 Å². The van der Waals surface area contributed by atoms with E-state index in [9.17, 15) is 4.79 Å². The van der Waals surface area contributed by atoms with E-state index in [2.05, 4.69) is 5.32 Å². The van der Waals surface area contributed by atoms with Crippen LogP contribution in [0.25, 0.3) is 0 Å². The molecule has 94 valence electrons. The second-order valence-electron chi connectivity index (χ2n) is 4.85. The van der Waals surface area contributed by atoms with Gasteiger partial charge in [-0.3, -0.25) is 4.79 Å². The van der Waals surface area contributed by atoms with Crippen LogP contribution < -0.4 is 5.32 Å². The van der Waals surface area contributed by atoms with E-state index in [0.29, 0.717) is 6.54 Å². The Hall–Kier alpha value is -1.35. The number of nitrogens with one attached hydrogen (secondary N) is 1. The van der Waals surface area contributed by atoms with E-state index in [-0.39, 0.29) is 12.0 Å². The molecular weight excluding hydrogens is 214 g/mol. The number of rotatable bonds is 5. The molecule has 0 saturated heterocycles. The van der Waals surface area contributed by atoms with E-state index in [4.69, 9.17) is 4.74 Å². The fourth-order valence-electron chi connectivity index (χ4n) is 1.63. The molecule has 0 radical (unpaired) electrons. The number of carbonyl (C=O) groups excluding carboxylic acids is 1. The highest BCUT2D eigenvalue weighted by Gasteiger charge is 2.29. The molecule has 0 atom stereocenters. The zero-order chi connectivity index (χ0) is 12.9. The quantitative estimate of drug-likeness (QED) is 0.851. The van der Waals surface area contributed by atoms with Crippen LogP contribution in [-0.2, 0) is 16.1 Å².